The van der Waals surface area contributed by atoms with Crippen LogP contribution in [0.15, 0.2) is 24.5 Å². The van der Waals surface area contributed by atoms with Crippen LogP contribution in [0.1, 0.15) is 11.6 Å². The first-order valence-corrected chi connectivity index (χ1v) is 3.75. The van der Waals surface area contributed by atoms with Gasteiger partial charge in [0, 0.05) is 12.4 Å². The second-order valence-corrected chi connectivity index (χ2v) is 2.80. The van der Waals surface area contributed by atoms with Crippen LogP contribution in [0.3, 0.4) is 0 Å². The van der Waals surface area contributed by atoms with Crippen LogP contribution in [0.4, 0.5) is 0 Å². The molecule has 1 fully saturated rings. The van der Waals surface area contributed by atoms with Gasteiger partial charge in [0.15, 0.2) is 0 Å². The van der Waals surface area contributed by atoms with E-state index in [1.54, 1.807) is 12.4 Å². The Morgan fingerprint density at radius 3 is 2.92 bits per heavy atom. The summed E-state index contributed by atoms with van der Waals surface area (Å²) < 4.78 is 0. The first kappa shape index (κ1) is 7.24. The number of nitrogens with two attached hydrogens (primary N) is 1. The van der Waals surface area contributed by atoms with Gasteiger partial charge in [0.05, 0.1) is 6.04 Å². The Morgan fingerprint density at radius 1 is 1.58 bits per heavy atom. The maximum absolute atomic E-state index is 10.8. The topological polar surface area (TPSA) is 68.0 Å². The summed E-state index contributed by atoms with van der Waals surface area (Å²) in [4.78, 5) is 14.7. The number of carbonyl (C=O) groups is 1. The molecule has 1 aromatic heterocycles. The van der Waals surface area contributed by atoms with Crippen LogP contribution in [0.2, 0.25) is 0 Å². The predicted molar refractivity (Wildman–Crippen MR) is 43.1 cm³/mol. The zero-order valence-corrected chi connectivity index (χ0v) is 6.40. The third-order valence-electron chi connectivity index (χ3n) is 2.00. The highest BCUT2D eigenvalue weighted by Crippen LogP contribution is 2.21. The first-order valence-electron chi connectivity index (χ1n) is 3.75. The quantitative estimate of drug-likeness (QED) is 0.552. The molecule has 1 aliphatic rings. The molecule has 4 heteroatoms. The van der Waals surface area contributed by atoms with Gasteiger partial charge in [-0.2, -0.15) is 0 Å². The fraction of sp³-hybridized carbons (Fsp3) is 0.250. The molecular formula is C8H9N3O. The molecule has 1 amide bonds. The lowest BCUT2D eigenvalue weighted by Crippen LogP contribution is -2.60. The van der Waals surface area contributed by atoms with Crippen molar-refractivity contribution in [3.8, 4) is 0 Å². The molecule has 1 aliphatic heterocycles. The second-order valence-electron chi connectivity index (χ2n) is 2.80. The van der Waals surface area contributed by atoms with Crippen molar-refractivity contribution in [3.05, 3.63) is 30.1 Å². The lowest BCUT2D eigenvalue weighted by atomic mass is 9.94. The van der Waals surface area contributed by atoms with Crippen LogP contribution in [0, 0.1) is 0 Å². The van der Waals surface area contributed by atoms with Gasteiger partial charge in [0.2, 0.25) is 5.91 Å². The Morgan fingerprint density at radius 2 is 2.42 bits per heavy atom. The molecule has 0 bridgehead atoms. The number of carbonyl (C=O) groups excluding carboxylic acids is 1. The summed E-state index contributed by atoms with van der Waals surface area (Å²) in [6.07, 6.45) is 3.40. The zero-order chi connectivity index (χ0) is 8.55. The number of amides is 1. The Labute approximate surface area is 69.8 Å². The van der Waals surface area contributed by atoms with E-state index in [4.69, 9.17) is 5.73 Å². The van der Waals surface area contributed by atoms with Gasteiger partial charge in [-0.05, 0) is 11.6 Å². The van der Waals surface area contributed by atoms with E-state index in [1.165, 1.54) is 0 Å². The summed E-state index contributed by atoms with van der Waals surface area (Å²) in [5.41, 5.74) is 6.52. The van der Waals surface area contributed by atoms with Gasteiger partial charge in [-0.1, -0.05) is 6.07 Å². The molecule has 4 nitrogen and oxygen atoms in total. The Hall–Kier alpha value is -1.42. The van der Waals surface area contributed by atoms with Crippen LogP contribution in [-0.2, 0) is 4.79 Å². The number of aromatic nitrogens is 1. The molecule has 2 rings (SSSR count). The van der Waals surface area contributed by atoms with Gasteiger partial charge in [-0.3, -0.25) is 9.78 Å². The number of rotatable bonds is 1. The molecule has 12 heavy (non-hydrogen) atoms. The highest BCUT2D eigenvalue weighted by Gasteiger charge is 2.36. The third-order valence-corrected chi connectivity index (χ3v) is 2.00. The van der Waals surface area contributed by atoms with Gasteiger partial charge >= 0.3 is 0 Å². The molecular weight excluding hydrogens is 154 g/mol. The maximum Gasteiger partial charge on any atom is 0.239 e. The van der Waals surface area contributed by atoms with Gasteiger partial charge < -0.3 is 11.1 Å². The average molecular weight is 163 g/mol. The highest BCUT2D eigenvalue weighted by atomic mass is 16.2. The molecule has 2 heterocycles. The summed E-state index contributed by atoms with van der Waals surface area (Å²) in [5.74, 6) is -0.0937. The minimum atomic E-state index is -0.408. The number of nitrogens with one attached hydrogen (secondary N) is 1. The Bertz CT molecular complexity index is 298. The van der Waals surface area contributed by atoms with Gasteiger partial charge in [0.1, 0.15) is 6.04 Å². The molecule has 1 saturated heterocycles. The number of β-lactam (4-membered cyclic amide) rings is 1. The summed E-state index contributed by atoms with van der Waals surface area (Å²) in [5, 5.41) is 2.70. The number of hydrogen-bond acceptors (Lipinski definition) is 3. The van der Waals surface area contributed by atoms with E-state index in [0.717, 1.165) is 5.56 Å². The van der Waals surface area contributed by atoms with Crippen molar-refractivity contribution in [3.63, 3.8) is 0 Å². The fourth-order valence-corrected chi connectivity index (χ4v) is 1.25. The fourth-order valence-electron chi connectivity index (χ4n) is 1.25. The second kappa shape index (κ2) is 2.57. The summed E-state index contributed by atoms with van der Waals surface area (Å²) >= 11 is 0. The minimum absolute atomic E-state index is 0.0498. The molecule has 0 aliphatic carbocycles. The van der Waals surface area contributed by atoms with Crippen molar-refractivity contribution >= 4 is 5.91 Å². The number of hydrogen-bond donors (Lipinski definition) is 2. The molecule has 2 atom stereocenters. The number of pyridine rings is 1. The van der Waals surface area contributed by atoms with E-state index < -0.39 is 6.04 Å². The molecule has 0 radical (unpaired) electrons. The van der Waals surface area contributed by atoms with E-state index in [2.05, 4.69) is 10.3 Å². The van der Waals surface area contributed by atoms with E-state index in [1.807, 2.05) is 12.1 Å². The van der Waals surface area contributed by atoms with Crippen LogP contribution in [0.5, 0.6) is 0 Å². The van der Waals surface area contributed by atoms with Crippen LogP contribution in [-0.4, -0.2) is 16.9 Å². The molecule has 3 N–H and O–H groups in total. The van der Waals surface area contributed by atoms with Gasteiger partial charge in [0.25, 0.3) is 0 Å². The third kappa shape index (κ3) is 0.967. The van der Waals surface area contributed by atoms with Crippen LogP contribution < -0.4 is 11.1 Å². The first-order chi connectivity index (χ1) is 5.79. The van der Waals surface area contributed by atoms with Crippen molar-refractivity contribution in [1.29, 1.82) is 0 Å². The average Bonchev–Trinajstić information content (AvgIpc) is 2.15. The number of nitrogens with zero attached hydrogens (tertiary/aromatic N) is 1. The summed E-state index contributed by atoms with van der Waals surface area (Å²) in [7, 11) is 0. The van der Waals surface area contributed by atoms with Crippen molar-refractivity contribution in [1.82, 2.24) is 10.3 Å². The summed E-state index contributed by atoms with van der Waals surface area (Å²) in [6.45, 7) is 0. The van der Waals surface area contributed by atoms with Gasteiger partial charge in [-0.15, -0.1) is 0 Å². The van der Waals surface area contributed by atoms with E-state index in [0.29, 0.717) is 0 Å². The van der Waals surface area contributed by atoms with Gasteiger partial charge in [-0.25, -0.2) is 0 Å². The SMILES string of the molecule is NC1C(=O)NC1c1cccnc1. The minimum Gasteiger partial charge on any atom is -0.346 e. The summed E-state index contributed by atoms with van der Waals surface area (Å²) in [6, 6.07) is 3.27. The maximum atomic E-state index is 10.8. The Balaban J connectivity index is 2.18. The zero-order valence-electron chi connectivity index (χ0n) is 6.40. The molecule has 0 spiro atoms. The lowest BCUT2D eigenvalue weighted by Gasteiger charge is -2.33. The van der Waals surface area contributed by atoms with Crippen molar-refractivity contribution in [2.24, 2.45) is 5.73 Å². The van der Waals surface area contributed by atoms with Crippen molar-refractivity contribution in [2.75, 3.05) is 0 Å². The van der Waals surface area contributed by atoms with E-state index in [-0.39, 0.29) is 11.9 Å². The smallest absolute Gasteiger partial charge is 0.239 e. The molecule has 0 saturated carbocycles. The molecule has 62 valence electrons. The highest BCUT2D eigenvalue weighted by molar-refractivity contribution is 5.89. The monoisotopic (exact) mass is 163 g/mol. The molecule has 0 aromatic carbocycles. The normalized spacial score (nSPS) is 27.6. The lowest BCUT2D eigenvalue weighted by molar-refractivity contribution is -0.130. The van der Waals surface area contributed by atoms with Crippen LogP contribution in [0.25, 0.3) is 0 Å². The standard InChI is InChI=1S/C8H9N3O/c9-6-7(11-8(6)12)5-2-1-3-10-4-5/h1-4,6-7H,9H2,(H,11,12). The predicted octanol–water partition coefficient (Wildman–Crippen LogP) is -0.420. The Kier molecular flexibility index (Phi) is 1.55. The molecule has 2 unspecified atom stereocenters. The van der Waals surface area contributed by atoms with E-state index in [9.17, 15) is 4.79 Å². The van der Waals surface area contributed by atoms with Crippen LogP contribution >= 0.6 is 0 Å². The van der Waals surface area contributed by atoms with Crippen molar-refractivity contribution < 1.29 is 4.79 Å². The van der Waals surface area contributed by atoms with E-state index >= 15 is 0 Å². The van der Waals surface area contributed by atoms with Crippen molar-refractivity contribution in [2.45, 2.75) is 12.1 Å². The largest absolute Gasteiger partial charge is 0.346 e. The molecule has 1 aromatic rings.